The Labute approximate surface area is 90.5 Å². The molecule has 84 valence electrons. The third-order valence-corrected chi connectivity index (χ3v) is 2.82. The van der Waals surface area contributed by atoms with Crippen LogP contribution in [-0.2, 0) is 14.3 Å². The Morgan fingerprint density at radius 2 is 2.00 bits per heavy atom. The first kappa shape index (κ1) is 12.0. The van der Waals surface area contributed by atoms with Gasteiger partial charge in [0.05, 0.1) is 6.61 Å². The Kier molecular flexibility index (Phi) is 5.08. The van der Waals surface area contributed by atoms with Crippen LogP contribution in [0.25, 0.3) is 0 Å². The maximum absolute atomic E-state index is 11.1. The van der Waals surface area contributed by atoms with Crippen LogP contribution in [0.5, 0.6) is 0 Å². The Balaban J connectivity index is 2.47. The van der Waals surface area contributed by atoms with Gasteiger partial charge in [-0.25, -0.2) is 4.79 Å². The molecule has 0 unspecified atom stereocenters. The normalized spacial score (nSPS) is 26.5. The van der Waals surface area contributed by atoms with E-state index >= 15 is 0 Å². The predicted octanol–water partition coefficient (Wildman–Crippen LogP) is 2.11. The second-order valence-electron chi connectivity index (χ2n) is 3.86. The second kappa shape index (κ2) is 6.38. The van der Waals surface area contributed by atoms with Gasteiger partial charge in [0, 0.05) is 12.0 Å². The average Bonchev–Trinajstić information content (AvgIpc) is 2.27. The van der Waals surface area contributed by atoms with Gasteiger partial charge in [-0.2, -0.15) is 0 Å². The lowest BCUT2D eigenvalue weighted by atomic mass is 9.80. The minimum atomic E-state index is -0.312. The monoisotopic (exact) mass is 210 g/mol. The average molecular weight is 210 g/mol. The van der Waals surface area contributed by atoms with Gasteiger partial charge in [-0.1, -0.05) is 18.9 Å². The summed E-state index contributed by atoms with van der Waals surface area (Å²) >= 11 is 0. The molecule has 1 rings (SSSR count). The smallest absolute Gasteiger partial charge is 0.330 e. The molecule has 0 heterocycles. The molecular formula is C12H18O3. The molecule has 0 radical (unpaired) electrons. The van der Waals surface area contributed by atoms with Crippen molar-refractivity contribution in [1.82, 2.24) is 0 Å². The van der Waals surface area contributed by atoms with Crippen LogP contribution >= 0.6 is 0 Å². The fourth-order valence-corrected chi connectivity index (χ4v) is 1.99. The second-order valence-corrected chi connectivity index (χ2v) is 3.86. The molecule has 0 aliphatic heterocycles. The number of ether oxygens (including phenoxy) is 1. The van der Waals surface area contributed by atoms with Crippen molar-refractivity contribution < 1.29 is 14.3 Å². The Morgan fingerprint density at radius 3 is 2.60 bits per heavy atom. The SMILES string of the molecule is CCOC(=O)/C=C/[C@@H]1CCCC[C@@H]1C=O. The minimum absolute atomic E-state index is 0.0874. The zero-order chi connectivity index (χ0) is 11.1. The first-order chi connectivity index (χ1) is 7.27. The highest BCUT2D eigenvalue weighted by Crippen LogP contribution is 2.29. The van der Waals surface area contributed by atoms with Crippen molar-refractivity contribution in [3.63, 3.8) is 0 Å². The summed E-state index contributed by atoms with van der Waals surface area (Å²) < 4.78 is 4.79. The Bertz CT molecular complexity index is 245. The van der Waals surface area contributed by atoms with Gasteiger partial charge in [0.25, 0.3) is 0 Å². The maximum Gasteiger partial charge on any atom is 0.330 e. The molecule has 3 nitrogen and oxygen atoms in total. The molecular weight excluding hydrogens is 192 g/mol. The molecule has 0 amide bonds. The number of carbonyl (C=O) groups is 2. The van der Waals surface area contributed by atoms with E-state index in [1.807, 2.05) is 6.08 Å². The predicted molar refractivity (Wildman–Crippen MR) is 57.3 cm³/mol. The molecule has 0 saturated heterocycles. The van der Waals surface area contributed by atoms with E-state index in [1.165, 1.54) is 6.08 Å². The molecule has 1 saturated carbocycles. The standard InChI is InChI=1S/C12H18O3/c1-2-15-12(14)8-7-10-5-3-4-6-11(10)9-13/h7-11H,2-6H2,1H3/b8-7+/t10-,11+/m0/s1. The molecule has 1 aliphatic rings. The van der Waals surface area contributed by atoms with E-state index in [0.717, 1.165) is 32.0 Å². The molecule has 0 aromatic carbocycles. The van der Waals surface area contributed by atoms with E-state index in [9.17, 15) is 9.59 Å². The van der Waals surface area contributed by atoms with Crippen molar-refractivity contribution in [2.45, 2.75) is 32.6 Å². The fourth-order valence-electron chi connectivity index (χ4n) is 1.99. The van der Waals surface area contributed by atoms with Crippen LogP contribution in [0.15, 0.2) is 12.2 Å². The highest BCUT2D eigenvalue weighted by atomic mass is 16.5. The molecule has 0 bridgehead atoms. The zero-order valence-corrected chi connectivity index (χ0v) is 9.15. The van der Waals surface area contributed by atoms with Gasteiger partial charge in [-0.05, 0) is 25.7 Å². The lowest BCUT2D eigenvalue weighted by Gasteiger charge is -2.24. The highest BCUT2D eigenvalue weighted by Gasteiger charge is 2.22. The quantitative estimate of drug-likeness (QED) is 0.405. The van der Waals surface area contributed by atoms with Crippen molar-refractivity contribution in [3.05, 3.63) is 12.2 Å². The van der Waals surface area contributed by atoms with Crippen molar-refractivity contribution in [1.29, 1.82) is 0 Å². The lowest BCUT2D eigenvalue weighted by Crippen LogP contribution is -2.19. The number of esters is 1. The van der Waals surface area contributed by atoms with Crippen LogP contribution < -0.4 is 0 Å². The van der Waals surface area contributed by atoms with Gasteiger partial charge in [-0.3, -0.25) is 0 Å². The summed E-state index contributed by atoms with van der Waals surface area (Å²) in [5, 5.41) is 0. The first-order valence-electron chi connectivity index (χ1n) is 5.58. The van der Waals surface area contributed by atoms with Gasteiger partial charge < -0.3 is 9.53 Å². The molecule has 3 heteroatoms. The zero-order valence-electron chi connectivity index (χ0n) is 9.15. The maximum atomic E-state index is 11.1. The number of hydrogen-bond acceptors (Lipinski definition) is 3. The van der Waals surface area contributed by atoms with Crippen molar-refractivity contribution in [2.24, 2.45) is 11.8 Å². The summed E-state index contributed by atoms with van der Waals surface area (Å²) in [6.07, 6.45) is 8.50. The number of aldehydes is 1. The van der Waals surface area contributed by atoms with E-state index in [2.05, 4.69) is 0 Å². The van der Waals surface area contributed by atoms with Crippen molar-refractivity contribution in [2.75, 3.05) is 6.61 Å². The molecule has 0 spiro atoms. The molecule has 0 aromatic heterocycles. The number of rotatable bonds is 4. The van der Waals surface area contributed by atoms with E-state index in [-0.39, 0.29) is 17.8 Å². The van der Waals surface area contributed by atoms with Gasteiger partial charge in [-0.15, -0.1) is 0 Å². The third kappa shape index (κ3) is 3.86. The van der Waals surface area contributed by atoms with Crippen LogP contribution in [0.1, 0.15) is 32.6 Å². The molecule has 1 fully saturated rings. The van der Waals surface area contributed by atoms with E-state index in [0.29, 0.717) is 6.61 Å². The lowest BCUT2D eigenvalue weighted by molar-refractivity contribution is -0.137. The molecule has 15 heavy (non-hydrogen) atoms. The number of carbonyl (C=O) groups excluding carboxylic acids is 2. The molecule has 2 atom stereocenters. The highest BCUT2D eigenvalue weighted by molar-refractivity contribution is 5.82. The summed E-state index contributed by atoms with van der Waals surface area (Å²) in [5.41, 5.74) is 0. The van der Waals surface area contributed by atoms with Crippen LogP contribution in [0.3, 0.4) is 0 Å². The van der Waals surface area contributed by atoms with Gasteiger partial charge in [0.1, 0.15) is 6.29 Å². The minimum Gasteiger partial charge on any atom is -0.463 e. The van der Waals surface area contributed by atoms with Crippen molar-refractivity contribution in [3.8, 4) is 0 Å². The van der Waals surface area contributed by atoms with Crippen LogP contribution in [-0.4, -0.2) is 18.9 Å². The Hall–Kier alpha value is -1.12. The van der Waals surface area contributed by atoms with Crippen molar-refractivity contribution >= 4 is 12.3 Å². The number of hydrogen-bond donors (Lipinski definition) is 0. The third-order valence-electron chi connectivity index (χ3n) is 2.82. The Morgan fingerprint density at radius 1 is 1.33 bits per heavy atom. The summed E-state index contributed by atoms with van der Waals surface area (Å²) in [4.78, 5) is 21.9. The summed E-state index contributed by atoms with van der Waals surface area (Å²) in [5.74, 6) is -0.00203. The van der Waals surface area contributed by atoms with Gasteiger partial charge in [0.15, 0.2) is 0 Å². The molecule has 0 N–H and O–H groups in total. The van der Waals surface area contributed by atoms with Crippen LogP contribution in [0.2, 0.25) is 0 Å². The molecule has 1 aliphatic carbocycles. The van der Waals surface area contributed by atoms with E-state index < -0.39 is 0 Å². The first-order valence-corrected chi connectivity index (χ1v) is 5.58. The largest absolute Gasteiger partial charge is 0.463 e. The van der Waals surface area contributed by atoms with Crippen LogP contribution in [0.4, 0.5) is 0 Å². The van der Waals surface area contributed by atoms with Gasteiger partial charge >= 0.3 is 5.97 Å². The van der Waals surface area contributed by atoms with E-state index in [4.69, 9.17) is 4.74 Å². The summed E-state index contributed by atoms with van der Waals surface area (Å²) in [6.45, 7) is 2.17. The summed E-state index contributed by atoms with van der Waals surface area (Å²) in [6, 6.07) is 0. The topological polar surface area (TPSA) is 43.4 Å². The van der Waals surface area contributed by atoms with E-state index in [1.54, 1.807) is 6.92 Å². The van der Waals surface area contributed by atoms with Gasteiger partial charge in [0.2, 0.25) is 0 Å². The van der Waals surface area contributed by atoms with Crippen LogP contribution in [0, 0.1) is 11.8 Å². The fraction of sp³-hybridized carbons (Fsp3) is 0.667. The number of allylic oxidation sites excluding steroid dienone is 1. The summed E-state index contributed by atoms with van der Waals surface area (Å²) in [7, 11) is 0. The molecule has 0 aromatic rings.